The number of anilines is 1. The summed E-state index contributed by atoms with van der Waals surface area (Å²) >= 11 is 3.08. The Bertz CT molecular complexity index is 432. The van der Waals surface area contributed by atoms with Crippen LogP contribution < -0.4 is 5.73 Å². The van der Waals surface area contributed by atoms with Gasteiger partial charge >= 0.3 is 5.97 Å². The molecule has 0 unspecified atom stereocenters. The number of benzene rings is 1. The predicted octanol–water partition coefficient (Wildman–Crippen LogP) is 1.95. The van der Waals surface area contributed by atoms with E-state index >= 15 is 0 Å². The van der Waals surface area contributed by atoms with Gasteiger partial charge in [-0.2, -0.15) is 0 Å². The summed E-state index contributed by atoms with van der Waals surface area (Å²) in [4.78, 5) is 23.1. The molecular formula is C12H14BrNO3. The fraction of sp³-hybridized carbons (Fsp3) is 0.333. The van der Waals surface area contributed by atoms with E-state index in [2.05, 4.69) is 15.9 Å². The average Bonchev–Trinajstić information content (AvgIpc) is 2.31. The minimum Gasteiger partial charge on any atom is -0.462 e. The van der Waals surface area contributed by atoms with Crippen molar-refractivity contribution in [2.75, 3.05) is 17.7 Å². The van der Waals surface area contributed by atoms with Crippen molar-refractivity contribution in [3.05, 3.63) is 29.3 Å². The summed E-state index contributed by atoms with van der Waals surface area (Å²) < 4.78 is 4.92. The second-order valence-electron chi connectivity index (χ2n) is 3.44. The molecule has 0 saturated carbocycles. The van der Waals surface area contributed by atoms with E-state index < -0.39 is 5.97 Å². The highest BCUT2D eigenvalue weighted by molar-refractivity contribution is 9.09. The van der Waals surface area contributed by atoms with E-state index in [-0.39, 0.29) is 17.5 Å². The van der Waals surface area contributed by atoms with Gasteiger partial charge in [-0.15, -0.1) is 0 Å². The molecule has 0 saturated heterocycles. The van der Waals surface area contributed by atoms with Crippen LogP contribution in [0.5, 0.6) is 0 Å². The molecule has 0 radical (unpaired) electrons. The molecule has 0 atom stereocenters. The van der Waals surface area contributed by atoms with E-state index in [1.165, 1.54) is 0 Å². The molecule has 1 aromatic carbocycles. The maximum absolute atomic E-state index is 11.7. The molecule has 17 heavy (non-hydrogen) atoms. The van der Waals surface area contributed by atoms with Crippen molar-refractivity contribution >= 4 is 33.4 Å². The molecule has 0 aromatic heterocycles. The Morgan fingerprint density at radius 1 is 1.41 bits per heavy atom. The summed E-state index contributed by atoms with van der Waals surface area (Å²) in [6.45, 7) is 2.02. The summed E-state index contributed by atoms with van der Waals surface area (Å²) in [7, 11) is 0. The Morgan fingerprint density at radius 3 is 2.71 bits per heavy atom. The Kier molecular flexibility index (Phi) is 5.15. The van der Waals surface area contributed by atoms with Crippen LogP contribution in [-0.2, 0) is 16.0 Å². The molecule has 0 aliphatic carbocycles. The molecule has 0 aliphatic rings. The third-order valence-electron chi connectivity index (χ3n) is 2.23. The highest BCUT2D eigenvalue weighted by Crippen LogP contribution is 2.19. The van der Waals surface area contributed by atoms with Crippen LogP contribution in [0.3, 0.4) is 0 Å². The van der Waals surface area contributed by atoms with Crippen LogP contribution >= 0.6 is 15.9 Å². The summed E-state index contributed by atoms with van der Waals surface area (Å²) in [5.74, 6) is -0.481. The van der Waals surface area contributed by atoms with Gasteiger partial charge in [0.2, 0.25) is 0 Å². The molecule has 0 spiro atoms. The Morgan fingerprint density at radius 2 is 2.12 bits per heavy atom. The Balaban J connectivity index is 3.08. The number of alkyl halides is 1. The largest absolute Gasteiger partial charge is 0.462 e. The van der Waals surface area contributed by atoms with Crippen molar-refractivity contribution in [3.8, 4) is 0 Å². The molecular weight excluding hydrogens is 286 g/mol. The van der Waals surface area contributed by atoms with E-state index in [0.717, 1.165) is 0 Å². The van der Waals surface area contributed by atoms with Crippen LogP contribution in [0.15, 0.2) is 18.2 Å². The summed E-state index contributed by atoms with van der Waals surface area (Å²) in [5.41, 5.74) is 7.12. The van der Waals surface area contributed by atoms with Gasteiger partial charge in [0, 0.05) is 12.1 Å². The fourth-order valence-corrected chi connectivity index (χ4v) is 1.64. The van der Waals surface area contributed by atoms with E-state index in [1.54, 1.807) is 25.1 Å². The normalized spacial score (nSPS) is 10.0. The van der Waals surface area contributed by atoms with Crippen LogP contribution in [-0.4, -0.2) is 23.7 Å². The Hall–Kier alpha value is -1.36. The van der Waals surface area contributed by atoms with Crippen molar-refractivity contribution in [2.45, 2.75) is 13.3 Å². The maximum atomic E-state index is 11.7. The van der Waals surface area contributed by atoms with E-state index in [4.69, 9.17) is 10.5 Å². The first-order valence-electron chi connectivity index (χ1n) is 5.22. The SMILES string of the molecule is CCOC(=O)c1cccc(N)c1CC(=O)CBr. The summed E-state index contributed by atoms with van der Waals surface area (Å²) in [6, 6.07) is 4.95. The average molecular weight is 300 g/mol. The standard InChI is InChI=1S/C12H14BrNO3/c1-2-17-12(16)9-4-3-5-11(14)10(9)6-8(15)7-13/h3-5H,2,6-7,14H2,1H3. The number of hydrogen-bond acceptors (Lipinski definition) is 4. The van der Waals surface area contributed by atoms with Crippen LogP contribution in [0.4, 0.5) is 5.69 Å². The smallest absolute Gasteiger partial charge is 0.338 e. The molecule has 4 nitrogen and oxygen atoms in total. The highest BCUT2D eigenvalue weighted by atomic mass is 79.9. The number of nitrogens with two attached hydrogens (primary N) is 1. The molecule has 2 N–H and O–H groups in total. The fourth-order valence-electron chi connectivity index (χ4n) is 1.45. The number of Topliss-reactive ketones (excluding diaryl/α,β-unsaturated/α-hetero) is 1. The topological polar surface area (TPSA) is 69.4 Å². The number of carbonyl (C=O) groups is 2. The second-order valence-corrected chi connectivity index (χ2v) is 4.00. The minimum atomic E-state index is -0.447. The molecule has 1 aromatic rings. The van der Waals surface area contributed by atoms with Gasteiger partial charge < -0.3 is 10.5 Å². The van der Waals surface area contributed by atoms with Gasteiger partial charge in [-0.1, -0.05) is 22.0 Å². The lowest BCUT2D eigenvalue weighted by atomic mass is 10.0. The lowest BCUT2D eigenvalue weighted by molar-refractivity contribution is -0.115. The van der Waals surface area contributed by atoms with Crippen molar-refractivity contribution in [3.63, 3.8) is 0 Å². The number of ether oxygens (including phenoxy) is 1. The van der Waals surface area contributed by atoms with Crippen LogP contribution in [0.1, 0.15) is 22.8 Å². The van der Waals surface area contributed by atoms with Crippen molar-refractivity contribution < 1.29 is 14.3 Å². The number of hydrogen-bond donors (Lipinski definition) is 1. The van der Waals surface area contributed by atoms with E-state index in [1.807, 2.05) is 0 Å². The molecule has 0 aliphatic heterocycles. The molecule has 92 valence electrons. The maximum Gasteiger partial charge on any atom is 0.338 e. The number of nitrogen functional groups attached to an aromatic ring is 1. The summed E-state index contributed by atoms with van der Waals surface area (Å²) in [6.07, 6.45) is 0.131. The van der Waals surface area contributed by atoms with Gasteiger partial charge in [0.1, 0.15) is 5.78 Å². The van der Waals surface area contributed by atoms with Gasteiger partial charge in [0.15, 0.2) is 0 Å². The van der Waals surface area contributed by atoms with Gasteiger partial charge in [-0.25, -0.2) is 4.79 Å². The first-order valence-corrected chi connectivity index (χ1v) is 6.34. The third kappa shape index (κ3) is 3.56. The second kappa shape index (κ2) is 6.39. The molecule has 0 heterocycles. The minimum absolute atomic E-state index is 0.0338. The monoisotopic (exact) mass is 299 g/mol. The number of rotatable bonds is 5. The lowest BCUT2D eigenvalue weighted by Gasteiger charge is -2.10. The van der Waals surface area contributed by atoms with E-state index in [9.17, 15) is 9.59 Å². The third-order valence-corrected chi connectivity index (χ3v) is 2.86. The lowest BCUT2D eigenvalue weighted by Crippen LogP contribution is -2.14. The zero-order valence-corrected chi connectivity index (χ0v) is 11.1. The first-order chi connectivity index (χ1) is 8.10. The molecule has 1 rings (SSSR count). The van der Waals surface area contributed by atoms with Crippen LogP contribution in [0.25, 0.3) is 0 Å². The van der Waals surface area contributed by atoms with Crippen molar-refractivity contribution in [1.29, 1.82) is 0 Å². The van der Waals surface area contributed by atoms with Gasteiger partial charge in [0.25, 0.3) is 0 Å². The van der Waals surface area contributed by atoms with Gasteiger partial charge in [-0.3, -0.25) is 4.79 Å². The molecule has 0 fully saturated rings. The number of halogens is 1. The van der Waals surface area contributed by atoms with Crippen molar-refractivity contribution in [2.24, 2.45) is 0 Å². The number of carbonyl (C=O) groups excluding carboxylic acids is 2. The van der Waals surface area contributed by atoms with Gasteiger partial charge in [-0.05, 0) is 24.6 Å². The number of ketones is 1. The zero-order chi connectivity index (χ0) is 12.8. The summed E-state index contributed by atoms with van der Waals surface area (Å²) in [5, 5.41) is 0.240. The van der Waals surface area contributed by atoms with Crippen LogP contribution in [0.2, 0.25) is 0 Å². The van der Waals surface area contributed by atoms with E-state index in [0.29, 0.717) is 23.4 Å². The molecule has 5 heteroatoms. The molecule has 0 bridgehead atoms. The van der Waals surface area contributed by atoms with Crippen molar-refractivity contribution in [1.82, 2.24) is 0 Å². The Labute approximate surface area is 108 Å². The first kappa shape index (κ1) is 13.7. The number of esters is 1. The highest BCUT2D eigenvalue weighted by Gasteiger charge is 2.16. The predicted molar refractivity (Wildman–Crippen MR) is 69.3 cm³/mol. The van der Waals surface area contributed by atoms with Crippen LogP contribution in [0, 0.1) is 0 Å². The van der Waals surface area contributed by atoms with Gasteiger partial charge in [0.05, 0.1) is 17.5 Å². The molecule has 0 amide bonds. The zero-order valence-electron chi connectivity index (χ0n) is 9.53. The quantitative estimate of drug-likeness (QED) is 0.512.